The van der Waals surface area contributed by atoms with Crippen molar-refractivity contribution in [3.63, 3.8) is 0 Å². The number of hydrogen-bond donors (Lipinski definition) is 1. The lowest BCUT2D eigenvalue weighted by atomic mass is 9.95. The molecule has 0 aromatic carbocycles. The molecular formula is C19H29N3O2. The van der Waals surface area contributed by atoms with E-state index in [1.807, 2.05) is 6.07 Å². The molecule has 1 saturated heterocycles. The molecule has 1 amide bonds. The second-order valence-electron chi connectivity index (χ2n) is 7.07. The molecule has 24 heavy (non-hydrogen) atoms. The first-order valence-electron chi connectivity index (χ1n) is 9.11. The summed E-state index contributed by atoms with van der Waals surface area (Å²) in [6, 6.07) is 3.81. The van der Waals surface area contributed by atoms with E-state index in [1.165, 1.54) is 18.4 Å². The molecule has 132 valence electrons. The summed E-state index contributed by atoms with van der Waals surface area (Å²) >= 11 is 0. The van der Waals surface area contributed by atoms with Crippen LogP contribution in [0.15, 0.2) is 28.2 Å². The smallest absolute Gasteiger partial charge is 0.287 e. The Balaban J connectivity index is 1.52. The molecular weight excluding hydrogens is 302 g/mol. The van der Waals surface area contributed by atoms with E-state index in [2.05, 4.69) is 35.2 Å². The van der Waals surface area contributed by atoms with Gasteiger partial charge in [0, 0.05) is 32.2 Å². The standard InChI is InChI=1S/C19H29N3O2/c1-15(16-6-4-3-5-7-16)20-19(23)18-9-8-17(24-18)14-22-12-10-21(2)11-13-22/h6,8-9,15H,3-5,7,10-14H2,1-2H3,(H,20,23). The molecule has 0 saturated carbocycles. The topological polar surface area (TPSA) is 48.7 Å². The Bertz CT molecular complexity index is 585. The van der Waals surface area contributed by atoms with Gasteiger partial charge in [-0.05, 0) is 51.8 Å². The summed E-state index contributed by atoms with van der Waals surface area (Å²) in [5.41, 5.74) is 1.35. The quantitative estimate of drug-likeness (QED) is 0.843. The average Bonchev–Trinajstić information content (AvgIpc) is 3.06. The Hall–Kier alpha value is -1.59. The van der Waals surface area contributed by atoms with Crippen molar-refractivity contribution in [2.24, 2.45) is 0 Å². The summed E-state index contributed by atoms with van der Waals surface area (Å²) in [5, 5.41) is 3.07. The highest BCUT2D eigenvalue weighted by molar-refractivity contribution is 5.91. The molecule has 0 bridgehead atoms. The Labute approximate surface area is 144 Å². The van der Waals surface area contributed by atoms with Gasteiger partial charge in [-0.2, -0.15) is 0 Å². The van der Waals surface area contributed by atoms with Crippen molar-refractivity contribution < 1.29 is 9.21 Å². The molecule has 1 aliphatic heterocycles. The van der Waals surface area contributed by atoms with E-state index in [4.69, 9.17) is 4.42 Å². The second kappa shape index (κ2) is 7.99. The summed E-state index contributed by atoms with van der Waals surface area (Å²) in [7, 11) is 2.15. The van der Waals surface area contributed by atoms with Crippen LogP contribution in [-0.2, 0) is 6.54 Å². The highest BCUT2D eigenvalue weighted by atomic mass is 16.4. The number of nitrogens with zero attached hydrogens (tertiary/aromatic N) is 2. The van der Waals surface area contributed by atoms with E-state index < -0.39 is 0 Å². The fraction of sp³-hybridized carbons (Fsp3) is 0.632. The first kappa shape index (κ1) is 17.2. The Morgan fingerprint density at radius 3 is 2.75 bits per heavy atom. The van der Waals surface area contributed by atoms with Gasteiger partial charge in [0.15, 0.2) is 5.76 Å². The largest absolute Gasteiger partial charge is 0.455 e. The number of piperazine rings is 1. The van der Waals surface area contributed by atoms with Crippen LogP contribution < -0.4 is 5.32 Å². The first-order chi connectivity index (χ1) is 11.6. The van der Waals surface area contributed by atoms with E-state index in [1.54, 1.807) is 6.07 Å². The van der Waals surface area contributed by atoms with Crippen LogP contribution in [0, 0.1) is 0 Å². The normalized spacial score (nSPS) is 21.3. The van der Waals surface area contributed by atoms with Crippen LogP contribution in [0.3, 0.4) is 0 Å². The average molecular weight is 331 g/mol. The third kappa shape index (κ3) is 4.48. The fourth-order valence-electron chi connectivity index (χ4n) is 3.43. The third-order valence-electron chi connectivity index (χ3n) is 5.09. The minimum Gasteiger partial charge on any atom is -0.455 e. The molecule has 5 heteroatoms. The maximum atomic E-state index is 12.4. The van der Waals surface area contributed by atoms with Crippen LogP contribution in [0.2, 0.25) is 0 Å². The number of carbonyl (C=O) groups excluding carboxylic acids is 1. The number of carbonyl (C=O) groups is 1. The van der Waals surface area contributed by atoms with Gasteiger partial charge in [0.25, 0.3) is 5.91 Å². The Morgan fingerprint density at radius 1 is 1.25 bits per heavy atom. The number of nitrogens with one attached hydrogen (secondary N) is 1. The van der Waals surface area contributed by atoms with Crippen molar-refractivity contribution in [3.8, 4) is 0 Å². The van der Waals surface area contributed by atoms with Gasteiger partial charge in [0.05, 0.1) is 6.54 Å². The zero-order chi connectivity index (χ0) is 16.9. The fourth-order valence-corrected chi connectivity index (χ4v) is 3.43. The van der Waals surface area contributed by atoms with Crippen molar-refractivity contribution in [3.05, 3.63) is 35.3 Å². The SMILES string of the molecule is CC(NC(=O)c1ccc(CN2CCN(C)CC2)o1)C1=CCCCC1. The van der Waals surface area contributed by atoms with Gasteiger partial charge in [-0.1, -0.05) is 11.6 Å². The van der Waals surface area contributed by atoms with E-state index in [0.717, 1.165) is 51.3 Å². The molecule has 1 aromatic heterocycles. The monoisotopic (exact) mass is 331 g/mol. The van der Waals surface area contributed by atoms with Gasteiger partial charge in [-0.15, -0.1) is 0 Å². The van der Waals surface area contributed by atoms with Crippen molar-refractivity contribution in [2.45, 2.75) is 45.2 Å². The number of amides is 1. The molecule has 1 aliphatic carbocycles. The molecule has 3 rings (SSSR count). The number of allylic oxidation sites excluding steroid dienone is 1. The van der Waals surface area contributed by atoms with Crippen molar-refractivity contribution in [2.75, 3.05) is 33.2 Å². The third-order valence-corrected chi connectivity index (χ3v) is 5.09. The van der Waals surface area contributed by atoms with Crippen LogP contribution in [0.25, 0.3) is 0 Å². The molecule has 0 spiro atoms. The predicted octanol–water partition coefficient (Wildman–Crippen LogP) is 2.65. The van der Waals surface area contributed by atoms with Gasteiger partial charge in [-0.3, -0.25) is 9.69 Å². The lowest BCUT2D eigenvalue weighted by molar-refractivity contribution is 0.0909. The van der Waals surface area contributed by atoms with Crippen molar-refractivity contribution >= 4 is 5.91 Å². The lowest BCUT2D eigenvalue weighted by Gasteiger charge is -2.31. The van der Waals surface area contributed by atoms with Gasteiger partial charge >= 0.3 is 0 Å². The zero-order valence-corrected chi connectivity index (χ0v) is 14.9. The minimum atomic E-state index is -0.112. The van der Waals surface area contributed by atoms with Gasteiger partial charge in [-0.25, -0.2) is 0 Å². The molecule has 1 aromatic rings. The van der Waals surface area contributed by atoms with E-state index in [-0.39, 0.29) is 11.9 Å². The van der Waals surface area contributed by atoms with Crippen molar-refractivity contribution in [1.29, 1.82) is 0 Å². The number of furan rings is 1. The van der Waals surface area contributed by atoms with Gasteiger partial charge in [0.2, 0.25) is 0 Å². The van der Waals surface area contributed by atoms with Gasteiger partial charge < -0.3 is 14.6 Å². The summed E-state index contributed by atoms with van der Waals surface area (Å²) in [5.74, 6) is 1.18. The van der Waals surface area contributed by atoms with Crippen LogP contribution in [0.5, 0.6) is 0 Å². The van der Waals surface area contributed by atoms with E-state index in [9.17, 15) is 4.79 Å². The molecule has 2 heterocycles. The molecule has 1 atom stereocenters. The molecule has 0 radical (unpaired) electrons. The van der Waals surface area contributed by atoms with Crippen molar-refractivity contribution in [1.82, 2.24) is 15.1 Å². The highest BCUT2D eigenvalue weighted by Crippen LogP contribution is 2.20. The Kier molecular flexibility index (Phi) is 5.74. The second-order valence-corrected chi connectivity index (χ2v) is 7.07. The molecule has 5 nitrogen and oxygen atoms in total. The Morgan fingerprint density at radius 2 is 2.04 bits per heavy atom. The highest BCUT2D eigenvalue weighted by Gasteiger charge is 2.19. The minimum absolute atomic E-state index is 0.0870. The number of rotatable bonds is 5. The molecule has 1 fully saturated rings. The predicted molar refractivity (Wildman–Crippen MR) is 95.0 cm³/mol. The number of likely N-dealkylation sites (N-methyl/N-ethyl adjacent to an activating group) is 1. The summed E-state index contributed by atoms with van der Waals surface area (Å²) in [6.45, 7) is 7.10. The summed E-state index contributed by atoms with van der Waals surface area (Å²) in [6.07, 6.45) is 6.98. The maximum Gasteiger partial charge on any atom is 0.287 e. The van der Waals surface area contributed by atoms with Gasteiger partial charge in [0.1, 0.15) is 5.76 Å². The molecule has 1 N–H and O–H groups in total. The van der Waals surface area contributed by atoms with E-state index >= 15 is 0 Å². The molecule has 2 aliphatic rings. The summed E-state index contributed by atoms with van der Waals surface area (Å²) in [4.78, 5) is 17.1. The molecule has 1 unspecified atom stereocenters. The van der Waals surface area contributed by atoms with Crippen LogP contribution in [-0.4, -0.2) is 55.0 Å². The van der Waals surface area contributed by atoms with Crippen LogP contribution >= 0.6 is 0 Å². The first-order valence-corrected chi connectivity index (χ1v) is 9.11. The van der Waals surface area contributed by atoms with Crippen LogP contribution in [0.4, 0.5) is 0 Å². The maximum absolute atomic E-state index is 12.4. The van der Waals surface area contributed by atoms with E-state index in [0.29, 0.717) is 5.76 Å². The lowest BCUT2D eigenvalue weighted by Crippen LogP contribution is -2.43. The zero-order valence-electron chi connectivity index (χ0n) is 14.9. The van der Waals surface area contributed by atoms with Crippen LogP contribution in [0.1, 0.15) is 48.9 Å². The number of hydrogen-bond acceptors (Lipinski definition) is 4. The summed E-state index contributed by atoms with van der Waals surface area (Å²) < 4.78 is 5.78.